The summed E-state index contributed by atoms with van der Waals surface area (Å²) < 4.78 is 16.4. The van der Waals surface area contributed by atoms with E-state index in [2.05, 4.69) is 36.2 Å². The second kappa shape index (κ2) is 5.22. The lowest BCUT2D eigenvalue weighted by Crippen LogP contribution is -1.92. The molecule has 0 aliphatic rings. The first-order chi connectivity index (χ1) is 10.7. The van der Waals surface area contributed by atoms with Gasteiger partial charge in [-0.3, -0.25) is 4.98 Å². The molecule has 3 heterocycles. The number of halogens is 2. The molecule has 22 heavy (non-hydrogen) atoms. The second-order valence-corrected chi connectivity index (χ2v) is 6.36. The summed E-state index contributed by atoms with van der Waals surface area (Å²) in [5.41, 5.74) is 1.30. The summed E-state index contributed by atoms with van der Waals surface area (Å²) in [7, 11) is 0. The third kappa shape index (κ3) is 2.20. The first kappa shape index (κ1) is 13.5. The zero-order valence-corrected chi connectivity index (χ0v) is 13.3. The van der Waals surface area contributed by atoms with Crippen LogP contribution in [0.2, 0.25) is 0 Å². The van der Waals surface area contributed by atoms with Gasteiger partial charge < -0.3 is 0 Å². The molecule has 4 aromatic rings. The van der Waals surface area contributed by atoms with Gasteiger partial charge in [-0.2, -0.15) is 9.61 Å². The smallest absolute Gasteiger partial charge is 0.235 e. The Kier molecular flexibility index (Phi) is 3.20. The highest BCUT2D eigenvalue weighted by Crippen LogP contribution is 2.30. The highest BCUT2D eigenvalue weighted by atomic mass is 79.9. The van der Waals surface area contributed by atoms with Crippen molar-refractivity contribution in [2.75, 3.05) is 0 Å². The van der Waals surface area contributed by atoms with Gasteiger partial charge in [0.1, 0.15) is 5.82 Å². The molecule has 0 saturated carbocycles. The van der Waals surface area contributed by atoms with Gasteiger partial charge >= 0.3 is 0 Å². The Bertz CT molecular complexity index is 966. The van der Waals surface area contributed by atoms with Crippen molar-refractivity contribution in [3.63, 3.8) is 0 Å². The molecular weight excluding hydrogens is 369 g/mol. The van der Waals surface area contributed by atoms with Gasteiger partial charge in [-0.1, -0.05) is 27.3 Å². The minimum Gasteiger partial charge on any atom is -0.265 e. The van der Waals surface area contributed by atoms with Crippen LogP contribution in [0, 0.1) is 5.82 Å². The lowest BCUT2D eigenvalue weighted by atomic mass is 10.2. The van der Waals surface area contributed by atoms with Gasteiger partial charge in [0.2, 0.25) is 4.96 Å². The summed E-state index contributed by atoms with van der Waals surface area (Å²) in [5, 5.41) is 13.2. The van der Waals surface area contributed by atoms with Crippen LogP contribution in [0.1, 0.15) is 0 Å². The molecule has 1 aromatic carbocycles. The van der Waals surface area contributed by atoms with Crippen LogP contribution < -0.4 is 0 Å². The van der Waals surface area contributed by atoms with E-state index >= 15 is 0 Å². The Morgan fingerprint density at radius 3 is 2.68 bits per heavy atom. The van der Waals surface area contributed by atoms with Crippen molar-refractivity contribution < 1.29 is 4.39 Å². The number of fused-ring (bicyclic) bond motifs is 1. The number of aromatic nitrogens is 5. The quantitative estimate of drug-likeness (QED) is 0.534. The Labute approximate surface area is 136 Å². The van der Waals surface area contributed by atoms with Gasteiger partial charge in [-0.05, 0) is 30.3 Å². The van der Waals surface area contributed by atoms with Gasteiger partial charge in [0.15, 0.2) is 10.8 Å². The van der Waals surface area contributed by atoms with E-state index in [4.69, 9.17) is 0 Å². The topological polar surface area (TPSA) is 56.0 Å². The van der Waals surface area contributed by atoms with E-state index in [1.165, 1.54) is 17.4 Å². The standard InChI is InChI=1S/C14H7BrFN5S/c15-9-1-2-10(11(16)7-9)13-20-21-12(18-19-14(21)22-13)8-3-5-17-6-4-8/h1-7H. The molecule has 0 fully saturated rings. The van der Waals surface area contributed by atoms with Crippen LogP contribution in [0.5, 0.6) is 0 Å². The van der Waals surface area contributed by atoms with Crippen LogP contribution in [-0.2, 0) is 0 Å². The average Bonchev–Trinajstić information content (AvgIpc) is 3.08. The number of hydrogen-bond donors (Lipinski definition) is 0. The molecule has 0 amide bonds. The highest BCUT2D eigenvalue weighted by molar-refractivity contribution is 9.10. The molecule has 0 atom stereocenters. The molecule has 3 aromatic heterocycles. The number of benzene rings is 1. The highest BCUT2D eigenvalue weighted by Gasteiger charge is 2.16. The molecule has 0 saturated heterocycles. The van der Waals surface area contributed by atoms with Crippen molar-refractivity contribution in [1.29, 1.82) is 0 Å². The normalized spacial score (nSPS) is 11.2. The van der Waals surface area contributed by atoms with Crippen molar-refractivity contribution in [1.82, 2.24) is 24.8 Å². The monoisotopic (exact) mass is 375 g/mol. The molecule has 8 heteroatoms. The van der Waals surface area contributed by atoms with Crippen LogP contribution in [0.25, 0.3) is 26.9 Å². The first-order valence-electron chi connectivity index (χ1n) is 6.30. The molecule has 0 N–H and O–H groups in total. The van der Waals surface area contributed by atoms with E-state index in [0.717, 1.165) is 5.56 Å². The maximum atomic E-state index is 14.1. The van der Waals surface area contributed by atoms with Crippen LogP contribution in [-0.4, -0.2) is 24.8 Å². The van der Waals surface area contributed by atoms with E-state index < -0.39 is 0 Å². The third-order valence-corrected chi connectivity index (χ3v) is 4.52. The molecule has 0 unspecified atom stereocenters. The molecule has 4 rings (SSSR count). The average molecular weight is 376 g/mol. The van der Waals surface area contributed by atoms with E-state index in [1.54, 1.807) is 29.0 Å². The lowest BCUT2D eigenvalue weighted by molar-refractivity contribution is 0.630. The Balaban J connectivity index is 1.87. The van der Waals surface area contributed by atoms with Gasteiger partial charge in [-0.25, -0.2) is 4.39 Å². The zero-order chi connectivity index (χ0) is 15.1. The fraction of sp³-hybridized carbons (Fsp3) is 0. The van der Waals surface area contributed by atoms with Crippen molar-refractivity contribution in [2.24, 2.45) is 0 Å². The summed E-state index contributed by atoms with van der Waals surface area (Å²) in [4.78, 5) is 4.59. The van der Waals surface area contributed by atoms with Crippen LogP contribution in [0.15, 0.2) is 47.2 Å². The van der Waals surface area contributed by atoms with Gasteiger partial charge in [0.25, 0.3) is 0 Å². The molecular formula is C14H7BrFN5S. The fourth-order valence-corrected chi connectivity index (χ4v) is 3.27. The third-order valence-electron chi connectivity index (χ3n) is 3.09. The van der Waals surface area contributed by atoms with Crippen LogP contribution in [0.3, 0.4) is 0 Å². The maximum absolute atomic E-state index is 14.1. The zero-order valence-electron chi connectivity index (χ0n) is 10.9. The number of rotatable bonds is 2. The maximum Gasteiger partial charge on any atom is 0.235 e. The molecule has 0 radical (unpaired) electrons. The summed E-state index contributed by atoms with van der Waals surface area (Å²) in [5.74, 6) is 0.280. The summed E-state index contributed by atoms with van der Waals surface area (Å²) in [6.45, 7) is 0. The van der Waals surface area contributed by atoms with E-state index in [1.807, 2.05) is 12.1 Å². The van der Waals surface area contributed by atoms with Gasteiger partial charge in [-0.15, -0.1) is 10.2 Å². The summed E-state index contributed by atoms with van der Waals surface area (Å²) in [6.07, 6.45) is 3.36. The number of nitrogens with zero attached hydrogens (tertiary/aromatic N) is 5. The minimum absolute atomic E-state index is 0.329. The van der Waals surface area contributed by atoms with Crippen molar-refractivity contribution in [3.8, 4) is 22.0 Å². The predicted octanol–water partition coefficient (Wildman–Crippen LogP) is 3.82. The summed E-state index contributed by atoms with van der Waals surface area (Å²) in [6, 6.07) is 8.55. The second-order valence-electron chi connectivity index (χ2n) is 4.49. The molecule has 0 spiro atoms. The van der Waals surface area contributed by atoms with E-state index in [-0.39, 0.29) is 5.82 Å². The van der Waals surface area contributed by atoms with E-state index in [0.29, 0.717) is 25.8 Å². The summed E-state index contributed by atoms with van der Waals surface area (Å²) >= 11 is 4.54. The van der Waals surface area contributed by atoms with Crippen molar-refractivity contribution in [3.05, 3.63) is 53.0 Å². The predicted molar refractivity (Wildman–Crippen MR) is 85.0 cm³/mol. The fourth-order valence-electron chi connectivity index (χ4n) is 2.07. The molecule has 5 nitrogen and oxygen atoms in total. The van der Waals surface area contributed by atoms with E-state index in [9.17, 15) is 4.39 Å². The molecule has 0 bridgehead atoms. The van der Waals surface area contributed by atoms with Crippen molar-refractivity contribution in [2.45, 2.75) is 0 Å². The lowest BCUT2D eigenvalue weighted by Gasteiger charge is -1.99. The van der Waals surface area contributed by atoms with Gasteiger partial charge in [0.05, 0.1) is 0 Å². The Morgan fingerprint density at radius 2 is 1.91 bits per heavy atom. The molecule has 108 valence electrons. The Hall–Kier alpha value is -2.19. The molecule has 0 aliphatic heterocycles. The minimum atomic E-state index is -0.329. The van der Waals surface area contributed by atoms with Crippen molar-refractivity contribution >= 4 is 32.2 Å². The number of pyridine rings is 1. The SMILES string of the molecule is Fc1cc(Br)ccc1-c1nn2c(-c3ccncc3)nnc2s1. The van der Waals surface area contributed by atoms with Crippen LogP contribution >= 0.6 is 27.3 Å². The first-order valence-corrected chi connectivity index (χ1v) is 7.91. The molecule has 0 aliphatic carbocycles. The number of hydrogen-bond acceptors (Lipinski definition) is 5. The van der Waals surface area contributed by atoms with Crippen LogP contribution in [0.4, 0.5) is 4.39 Å². The van der Waals surface area contributed by atoms with Gasteiger partial charge in [0, 0.05) is 28.0 Å². The largest absolute Gasteiger partial charge is 0.265 e. The Morgan fingerprint density at radius 1 is 1.09 bits per heavy atom.